The van der Waals surface area contributed by atoms with Crippen molar-refractivity contribution >= 4 is 5.91 Å². The lowest BCUT2D eigenvalue weighted by atomic mass is 9.81. The fourth-order valence-corrected chi connectivity index (χ4v) is 3.15. The van der Waals surface area contributed by atoms with Gasteiger partial charge in [-0.1, -0.05) is 20.3 Å². The van der Waals surface area contributed by atoms with Crippen molar-refractivity contribution in [2.24, 2.45) is 11.3 Å². The van der Waals surface area contributed by atoms with E-state index < -0.39 is 0 Å². The summed E-state index contributed by atoms with van der Waals surface area (Å²) in [5, 5.41) is 9.01. The lowest BCUT2D eigenvalue weighted by Crippen LogP contribution is -2.42. The van der Waals surface area contributed by atoms with E-state index in [1.54, 1.807) is 0 Å². The van der Waals surface area contributed by atoms with Crippen LogP contribution in [0.25, 0.3) is 0 Å². The Morgan fingerprint density at radius 3 is 2.69 bits per heavy atom. The zero-order chi connectivity index (χ0) is 11.8. The molecule has 0 radical (unpaired) electrons. The van der Waals surface area contributed by atoms with Crippen molar-refractivity contribution in [3.05, 3.63) is 0 Å². The van der Waals surface area contributed by atoms with E-state index in [4.69, 9.17) is 5.26 Å². The molecule has 1 saturated carbocycles. The van der Waals surface area contributed by atoms with E-state index in [1.807, 2.05) is 4.90 Å². The number of nitrogens with zero attached hydrogens (tertiary/aromatic N) is 2. The van der Waals surface area contributed by atoms with E-state index in [0.717, 1.165) is 38.6 Å². The van der Waals surface area contributed by atoms with Gasteiger partial charge < -0.3 is 4.90 Å². The molecule has 2 fully saturated rings. The van der Waals surface area contributed by atoms with Crippen LogP contribution in [0.3, 0.4) is 0 Å². The molecule has 88 valence electrons. The topological polar surface area (TPSA) is 44.1 Å². The van der Waals surface area contributed by atoms with Gasteiger partial charge in [-0.25, -0.2) is 0 Å². The Balaban J connectivity index is 2.11. The van der Waals surface area contributed by atoms with Crippen molar-refractivity contribution in [1.29, 1.82) is 5.26 Å². The average Bonchev–Trinajstić information content (AvgIpc) is 2.82. The molecular formula is C13H20N2O. The molecule has 0 spiro atoms. The molecule has 0 N–H and O–H groups in total. The van der Waals surface area contributed by atoms with E-state index in [0.29, 0.717) is 0 Å². The Morgan fingerprint density at radius 2 is 2.12 bits per heavy atom. The van der Waals surface area contributed by atoms with Crippen LogP contribution in [0.2, 0.25) is 0 Å². The van der Waals surface area contributed by atoms with E-state index in [1.165, 1.54) is 0 Å². The van der Waals surface area contributed by atoms with Crippen LogP contribution >= 0.6 is 0 Å². The van der Waals surface area contributed by atoms with Crippen LogP contribution in [0.1, 0.15) is 46.0 Å². The molecule has 2 unspecified atom stereocenters. The van der Waals surface area contributed by atoms with Gasteiger partial charge in [0.1, 0.15) is 6.04 Å². The van der Waals surface area contributed by atoms with Gasteiger partial charge in [-0.15, -0.1) is 0 Å². The summed E-state index contributed by atoms with van der Waals surface area (Å²) in [7, 11) is 0. The van der Waals surface area contributed by atoms with E-state index in [-0.39, 0.29) is 23.3 Å². The first-order chi connectivity index (χ1) is 7.56. The highest BCUT2D eigenvalue weighted by Crippen LogP contribution is 2.44. The number of amides is 1. The molecule has 0 aromatic heterocycles. The van der Waals surface area contributed by atoms with Crippen LogP contribution in [0.5, 0.6) is 0 Å². The summed E-state index contributed by atoms with van der Waals surface area (Å²) in [6.07, 6.45) is 5.12. The molecule has 0 bridgehead atoms. The summed E-state index contributed by atoms with van der Waals surface area (Å²) < 4.78 is 0. The first-order valence-corrected chi connectivity index (χ1v) is 6.26. The molecule has 2 aliphatic rings. The molecule has 1 aliphatic carbocycles. The third-order valence-electron chi connectivity index (χ3n) is 4.24. The number of hydrogen-bond acceptors (Lipinski definition) is 2. The summed E-state index contributed by atoms with van der Waals surface area (Å²) in [6.45, 7) is 5.14. The van der Waals surface area contributed by atoms with Crippen molar-refractivity contribution < 1.29 is 4.79 Å². The summed E-state index contributed by atoms with van der Waals surface area (Å²) >= 11 is 0. The second-order valence-electron chi connectivity index (χ2n) is 5.75. The largest absolute Gasteiger partial charge is 0.326 e. The summed E-state index contributed by atoms with van der Waals surface area (Å²) in [4.78, 5) is 14.2. The van der Waals surface area contributed by atoms with Crippen LogP contribution in [0, 0.1) is 22.7 Å². The fraction of sp³-hybridized carbons (Fsp3) is 0.846. The number of rotatable bonds is 1. The molecular weight excluding hydrogens is 200 g/mol. The van der Waals surface area contributed by atoms with E-state index >= 15 is 0 Å². The Labute approximate surface area is 97.4 Å². The number of hydrogen-bond donors (Lipinski definition) is 0. The maximum absolute atomic E-state index is 12.4. The van der Waals surface area contributed by atoms with E-state index in [2.05, 4.69) is 19.9 Å². The SMILES string of the molecule is CC1(C)CCCC1C(=O)N1CCCC1C#N. The molecule has 16 heavy (non-hydrogen) atoms. The quantitative estimate of drug-likeness (QED) is 0.680. The van der Waals surface area contributed by atoms with Crippen molar-refractivity contribution in [3.8, 4) is 6.07 Å². The molecule has 0 aromatic carbocycles. The Bertz CT molecular complexity index is 329. The van der Waals surface area contributed by atoms with Gasteiger partial charge >= 0.3 is 0 Å². The Morgan fingerprint density at radius 1 is 1.38 bits per heavy atom. The maximum atomic E-state index is 12.4. The molecule has 3 nitrogen and oxygen atoms in total. The van der Waals surface area contributed by atoms with Gasteiger partial charge in [0, 0.05) is 12.5 Å². The third-order valence-corrected chi connectivity index (χ3v) is 4.24. The van der Waals surface area contributed by atoms with Crippen LogP contribution in [-0.2, 0) is 4.79 Å². The van der Waals surface area contributed by atoms with Gasteiger partial charge in [0.15, 0.2) is 0 Å². The van der Waals surface area contributed by atoms with Crippen LogP contribution in [0.4, 0.5) is 0 Å². The van der Waals surface area contributed by atoms with Crippen molar-refractivity contribution in [3.63, 3.8) is 0 Å². The predicted octanol–water partition coefficient (Wildman–Crippen LogP) is 2.33. The second-order valence-corrected chi connectivity index (χ2v) is 5.75. The molecule has 1 saturated heterocycles. The van der Waals surface area contributed by atoms with Crippen LogP contribution in [-0.4, -0.2) is 23.4 Å². The van der Waals surface area contributed by atoms with Gasteiger partial charge in [-0.2, -0.15) is 5.26 Å². The lowest BCUT2D eigenvalue weighted by molar-refractivity contribution is -0.138. The standard InChI is InChI=1S/C13H20N2O/c1-13(2)7-3-6-11(13)12(16)15-8-4-5-10(15)9-14/h10-11H,3-8H2,1-2H3. The molecule has 1 aliphatic heterocycles. The van der Waals surface area contributed by atoms with Gasteiger partial charge in [-0.05, 0) is 31.1 Å². The van der Waals surface area contributed by atoms with E-state index in [9.17, 15) is 4.79 Å². The number of nitriles is 1. The minimum absolute atomic E-state index is 0.125. The van der Waals surface area contributed by atoms with Gasteiger partial charge in [-0.3, -0.25) is 4.79 Å². The molecule has 3 heteroatoms. The van der Waals surface area contributed by atoms with Crippen LogP contribution in [0.15, 0.2) is 0 Å². The van der Waals surface area contributed by atoms with Crippen molar-refractivity contribution in [2.45, 2.75) is 52.0 Å². The third kappa shape index (κ3) is 1.81. The highest BCUT2D eigenvalue weighted by molar-refractivity contribution is 5.80. The lowest BCUT2D eigenvalue weighted by Gasteiger charge is -2.31. The number of carbonyl (C=O) groups excluding carboxylic acids is 1. The molecule has 2 rings (SSSR count). The van der Waals surface area contributed by atoms with Gasteiger partial charge in [0.05, 0.1) is 6.07 Å². The highest BCUT2D eigenvalue weighted by atomic mass is 16.2. The number of carbonyl (C=O) groups is 1. The fourth-order valence-electron chi connectivity index (χ4n) is 3.15. The molecule has 1 heterocycles. The highest BCUT2D eigenvalue weighted by Gasteiger charge is 2.43. The zero-order valence-electron chi connectivity index (χ0n) is 10.2. The minimum Gasteiger partial charge on any atom is -0.326 e. The minimum atomic E-state index is -0.163. The summed E-state index contributed by atoms with van der Waals surface area (Å²) in [5.41, 5.74) is 0.125. The smallest absolute Gasteiger partial charge is 0.227 e. The molecule has 1 amide bonds. The first-order valence-electron chi connectivity index (χ1n) is 6.26. The molecule has 2 atom stereocenters. The first kappa shape index (κ1) is 11.4. The van der Waals surface area contributed by atoms with Crippen molar-refractivity contribution in [2.75, 3.05) is 6.54 Å². The molecule has 0 aromatic rings. The Hall–Kier alpha value is -1.04. The number of likely N-dealkylation sites (tertiary alicyclic amines) is 1. The Kier molecular flexibility index (Phi) is 2.92. The second kappa shape index (κ2) is 4.08. The average molecular weight is 220 g/mol. The van der Waals surface area contributed by atoms with Gasteiger partial charge in [0.25, 0.3) is 0 Å². The monoisotopic (exact) mass is 220 g/mol. The predicted molar refractivity (Wildman–Crippen MR) is 61.5 cm³/mol. The van der Waals surface area contributed by atoms with Crippen molar-refractivity contribution in [1.82, 2.24) is 4.90 Å². The summed E-state index contributed by atoms with van der Waals surface area (Å²) in [5.74, 6) is 0.369. The zero-order valence-corrected chi connectivity index (χ0v) is 10.2. The normalized spacial score (nSPS) is 32.7. The summed E-state index contributed by atoms with van der Waals surface area (Å²) in [6, 6.07) is 2.09. The maximum Gasteiger partial charge on any atom is 0.227 e. The van der Waals surface area contributed by atoms with Gasteiger partial charge in [0.2, 0.25) is 5.91 Å². The van der Waals surface area contributed by atoms with Crippen LogP contribution < -0.4 is 0 Å².